The molecular formula is C21H38N4O3. The molecule has 0 aliphatic heterocycles. The van der Waals surface area contributed by atoms with E-state index in [0.29, 0.717) is 24.4 Å². The first kappa shape index (κ1) is 23.9. The minimum absolute atomic E-state index is 0.520. The molecule has 7 heteroatoms. The van der Waals surface area contributed by atoms with Crippen LogP contribution in [0.25, 0.3) is 0 Å². The number of benzene rings is 1. The molecule has 0 saturated carbocycles. The fourth-order valence-electron chi connectivity index (χ4n) is 3.27. The number of rotatable bonds is 11. The van der Waals surface area contributed by atoms with Crippen molar-refractivity contribution in [3.63, 3.8) is 0 Å². The molecule has 0 heterocycles. The minimum atomic E-state index is 0.520. The van der Waals surface area contributed by atoms with Gasteiger partial charge < -0.3 is 24.8 Å². The Balaban J connectivity index is 2.62. The maximum absolute atomic E-state index is 5.51. The highest BCUT2D eigenvalue weighted by atomic mass is 16.5. The van der Waals surface area contributed by atoms with Crippen LogP contribution in [0.5, 0.6) is 17.2 Å². The van der Waals surface area contributed by atoms with E-state index in [1.54, 1.807) is 28.4 Å². The van der Waals surface area contributed by atoms with E-state index in [2.05, 4.69) is 48.2 Å². The van der Waals surface area contributed by atoms with Crippen LogP contribution in [0.3, 0.4) is 0 Å². The number of hydrogen-bond donors (Lipinski definition) is 2. The van der Waals surface area contributed by atoms with Crippen molar-refractivity contribution in [1.82, 2.24) is 15.5 Å². The van der Waals surface area contributed by atoms with Crippen molar-refractivity contribution in [3.05, 3.63) is 17.7 Å². The summed E-state index contributed by atoms with van der Waals surface area (Å²) < 4.78 is 16.3. The number of methoxy groups -OCH3 is 3. The lowest BCUT2D eigenvalue weighted by Gasteiger charge is -2.30. The van der Waals surface area contributed by atoms with Crippen LogP contribution < -0.4 is 24.8 Å². The molecule has 7 nitrogen and oxygen atoms in total. The third-order valence-electron chi connectivity index (χ3n) is 4.70. The average molecular weight is 395 g/mol. The first-order valence-corrected chi connectivity index (χ1v) is 9.87. The highest BCUT2D eigenvalue weighted by molar-refractivity contribution is 5.79. The van der Waals surface area contributed by atoms with Crippen molar-refractivity contribution in [2.45, 2.75) is 46.2 Å². The zero-order valence-electron chi connectivity index (χ0n) is 18.8. The van der Waals surface area contributed by atoms with Crippen LogP contribution in [0, 0.1) is 0 Å². The summed E-state index contributed by atoms with van der Waals surface area (Å²) in [6.07, 6.45) is 0.737. The first-order chi connectivity index (χ1) is 13.4. The Bertz CT molecular complexity index is 585. The predicted molar refractivity (Wildman–Crippen MR) is 116 cm³/mol. The summed E-state index contributed by atoms with van der Waals surface area (Å²) in [6, 6.07) is 4.79. The first-order valence-electron chi connectivity index (χ1n) is 9.87. The maximum atomic E-state index is 5.51. The molecule has 1 aromatic rings. The van der Waals surface area contributed by atoms with E-state index in [4.69, 9.17) is 14.2 Å². The molecule has 0 atom stereocenters. The average Bonchev–Trinajstić information content (AvgIpc) is 2.68. The van der Waals surface area contributed by atoms with Gasteiger partial charge >= 0.3 is 0 Å². The van der Waals surface area contributed by atoms with E-state index in [1.807, 2.05) is 12.1 Å². The molecule has 0 bridgehead atoms. The van der Waals surface area contributed by atoms with Crippen LogP contribution in [0.15, 0.2) is 17.1 Å². The molecule has 0 saturated heterocycles. The van der Waals surface area contributed by atoms with Crippen LogP contribution in [0.1, 0.15) is 33.3 Å². The second kappa shape index (κ2) is 12.3. The van der Waals surface area contributed by atoms with Crippen LogP contribution in [-0.2, 0) is 6.42 Å². The van der Waals surface area contributed by atoms with Crippen molar-refractivity contribution >= 4 is 5.96 Å². The Morgan fingerprint density at radius 2 is 1.46 bits per heavy atom. The smallest absolute Gasteiger partial charge is 0.191 e. The molecule has 0 spiro atoms. The summed E-state index contributed by atoms with van der Waals surface area (Å²) in [4.78, 5) is 6.76. The van der Waals surface area contributed by atoms with E-state index >= 15 is 0 Å². The largest absolute Gasteiger partial charge is 0.496 e. The lowest BCUT2D eigenvalue weighted by molar-refractivity contribution is 0.178. The lowest BCUT2D eigenvalue weighted by atomic mass is 10.1. The monoisotopic (exact) mass is 394 g/mol. The van der Waals surface area contributed by atoms with Crippen molar-refractivity contribution in [3.8, 4) is 17.2 Å². The predicted octanol–water partition coefficient (Wildman–Crippen LogP) is 2.54. The topological polar surface area (TPSA) is 67.4 Å². The van der Waals surface area contributed by atoms with E-state index in [-0.39, 0.29) is 0 Å². The highest BCUT2D eigenvalue weighted by Crippen LogP contribution is 2.34. The lowest BCUT2D eigenvalue weighted by Crippen LogP contribution is -2.45. The normalized spacial score (nSPS) is 11.9. The fourth-order valence-corrected chi connectivity index (χ4v) is 3.27. The third kappa shape index (κ3) is 7.11. The van der Waals surface area contributed by atoms with Gasteiger partial charge in [-0.1, -0.05) is 0 Å². The molecule has 2 N–H and O–H groups in total. The Morgan fingerprint density at radius 3 is 1.89 bits per heavy atom. The van der Waals surface area contributed by atoms with Gasteiger partial charge in [-0.15, -0.1) is 0 Å². The van der Waals surface area contributed by atoms with Crippen LogP contribution >= 0.6 is 0 Å². The van der Waals surface area contributed by atoms with E-state index < -0.39 is 0 Å². The van der Waals surface area contributed by atoms with Gasteiger partial charge in [0.2, 0.25) is 0 Å². The third-order valence-corrected chi connectivity index (χ3v) is 4.70. The second-order valence-corrected chi connectivity index (χ2v) is 7.11. The van der Waals surface area contributed by atoms with Gasteiger partial charge in [-0.25, -0.2) is 0 Å². The number of guanidine groups is 1. The van der Waals surface area contributed by atoms with Gasteiger partial charge in [-0.3, -0.25) is 9.89 Å². The molecule has 1 rings (SSSR count). The maximum Gasteiger partial charge on any atom is 0.191 e. The van der Waals surface area contributed by atoms with Gasteiger partial charge in [0, 0.05) is 56.5 Å². The summed E-state index contributed by atoms with van der Waals surface area (Å²) in [5.74, 6) is 3.01. The Labute approximate surface area is 170 Å². The Hall–Kier alpha value is -2.15. The van der Waals surface area contributed by atoms with E-state index in [1.165, 1.54) is 0 Å². The molecule has 28 heavy (non-hydrogen) atoms. The van der Waals surface area contributed by atoms with Gasteiger partial charge in [0.25, 0.3) is 0 Å². The fraction of sp³-hybridized carbons (Fsp3) is 0.667. The number of aliphatic imine (C=N–C) groups is 1. The molecular weight excluding hydrogens is 356 g/mol. The number of nitrogens with one attached hydrogen (secondary N) is 2. The molecule has 160 valence electrons. The van der Waals surface area contributed by atoms with Gasteiger partial charge in [-0.05, 0) is 34.1 Å². The molecule has 1 aromatic carbocycles. The van der Waals surface area contributed by atoms with Crippen LogP contribution in [0.4, 0.5) is 0 Å². The molecule has 0 aliphatic rings. The van der Waals surface area contributed by atoms with E-state index in [0.717, 1.165) is 42.5 Å². The van der Waals surface area contributed by atoms with Crippen LogP contribution in [0.2, 0.25) is 0 Å². The summed E-state index contributed by atoms with van der Waals surface area (Å²) >= 11 is 0. The van der Waals surface area contributed by atoms with Gasteiger partial charge in [0.1, 0.15) is 17.2 Å². The Kier molecular flexibility index (Phi) is 10.5. The van der Waals surface area contributed by atoms with Crippen LogP contribution in [-0.4, -0.2) is 71.0 Å². The number of ether oxygens (including phenoxy) is 3. The number of nitrogens with zero attached hydrogens (tertiary/aromatic N) is 2. The molecule has 0 fully saturated rings. The molecule has 0 amide bonds. The Morgan fingerprint density at radius 1 is 0.929 bits per heavy atom. The second-order valence-electron chi connectivity index (χ2n) is 7.11. The minimum Gasteiger partial charge on any atom is -0.496 e. The number of hydrogen-bond acceptors (Lipinski definition) is 5. The van der Waals surface area contributed by atoms with Gasteiger partial charge in [0.15, 0.2) is 5.96 Å². The summed E-state index contributed by atoms with van der Waals surface area (Å²) in [5, 5.41) is 6.75. The zero-order chi connectivity index (χ0) is 21.1. The van der Waals surface area contributed by atoms with Crippen molar-refractivity contribution < 1.29 is 14.2 Å². The summed E-state index contributed by atoms with van der Waals surface area (Å²) in [6.45, 7) is 11.4. The zero-order valence-corrected chi connectivity index (χ0v) is 18.8. The van der Waals surface area contributed by atoms with E-state index in [9.17, 15) is 0 Å². The van der Waals surface area contributed by atoms with Crippen molar-refractivity contribution in [2.24, 2.45) is 4.99 Å². The van der Waals surface area contributed by atoms with Crippen molar-refractivity contribution in [2.75, 3.05) is 48.0 Å². The summed E-state index contributed by atoms with van der Waals surface area (Å²) in [7, 11) is 6.72. The molecule has 0 aromatic heterocycles. The summed E-state index contributed by atoms with van der Waals surface area (Å²) in [5.41, 5.74) is 1.000. The standard InChI is InChI=1S/C21H38N4O3/c1-15(2)25(16(3)4)12-11-24-21(22-5)23-10-9-18-19(27-7)13-17(26-6)14-20(18)28-8/h13-16H,9-12H2,1-8H3,(H2,22,23,24). The molecule has 0 unspecified atom stereocenters. The van der Waals surface area contributed by atoms with Gasteiger partial charge in [0.05, 0.1) is 21.3 Å². The SMILES string of the molecule is CN=C(NCCc1c(OC)cc(OC)cc1OC)NCCN(C(C)C)C(C)C. The highest BCUT2D eigenvalue weighted by Gasteiger charge is 2.14. The quantitative estimate of drug-likeness (QED) is 0.444. The molecule has 0 aliphatic carbocycles. The van der Waals surface area contributed by atoms with Gasteiger partial charge in [-0.2, -0.15) is 0 Å². The molecule has 0 radical (unpaired) electrons. The van der Waals surface area contributed by atoms with Crippen molar-refractivity contribution in [1.29, 1.82) is 0 Å².